The van der Waals surface area contributed by atoms with Gasteiger partial charge in [0.05, 0.1) is 6.61 Å². The molecule has 0 spiro atoms. The van der Waals surface area contributed by atoms with Crippen LogP contribution >= 0.6 is 0 Å². The van der Waals surface area contributed by atoms with E-state index in [2.05, 4.69) is 22.1 Å². The van der Waals surface area contributed by atoms with Crippen molar-refractivity contribution < 1.29 is 14.3 Å². The van der Waals surface area contributed by atoms with Gasteiger partial charge in [-0.05, 0) is 56.4 Å². The van der Waals surface area contributed by atoms with Crippen LogP contribution in [0.25, 0.3) is 0 Å². The van der Waals surface area contributed by atoms with Crippen LogP contribution in [-0.4, -0.2) is 51.5 Å². The van der Waals surface area contributed by atoms with Gasteiger partial charge in [0.1, 0.15) is 11.6 Å². The quantitative estimate of drug-likeness (QED) is 0.408. The minimum Gasteiger partial charge on any atom is -0.494 e. The fourth-order valence-electron chi connectivity index (χ4n) is 4.20. The second kappa shape index (κ2) is 10.7. The summed E-state index contributed by atoms with van der Waals surface area (Å²) in [5, 5.41) is 7.45. The van der Waals surface area contributed by atoms with Gasteiger partial charge in [0.25, 0.3) is 0 Å². The first-order chi connectivity index (χ1) is 15.6. The lowest BCUT2D eigenvalue weighted by molar-refractivity contribution is -0.132. The first-order valence-corrected chi connectivity index (χ1v) is 12.1. The number of rotatable bonds is 11. The number of aromatic amines is 1. The van der Waals surface area contributed by atoms with E-state index in [1.165, 1.54) is 12.8 Å². The van der Waals surface area contributed by atoms with Crippen molar-refractivity contribution in [2.75, 3.05) is 19.7 Å². The molecule has 0 atom stereocenters. The van der Waals surface area contributed by atoms with E-state index in [-0.39, 0.29) is 24.5 Å². The van der Waals surface area contributed by atoms with Crippen LogP contribution in [0.15, 0.2) is 24.3 Å². The Morgan fingerprint density at radius 1 is 1.03 bits per heavy atom. The molecule has 1 saturated heterocycles. The number of Topliss-reactive ketones (excluding diaryl/α,β-unsaturated/α-hetero) is 1. The molecule has 4 rings (SSSR count). The number of amides is 1. The zero-order valence-corrected chi connectivity index (χ0v) is 19.0. The summed E-state index contributed by atoms with van der Waals surface area (Å²) < 4.78 is 5.69. The van der Waals surface area contributed by atoms with Gasteiger partial charge in [-0.2, -0.15) is 5.10 Å². The molecule has 7 heteroatoms. The molecular formula is C25H34N4O3. The third-order valence-electron chi connectivity index (χ3n) is 6.46. The van der Waals surface area contributed by atoms with E-state index in [0.717, 1.165) is 49.5 Å². The van der Waals surface area contributed by atoms with Gasteiger partial charge in [0.2, 0.25) is 5.91 Å². The number of H-pyrrole nitrogens is 1. The molecule has 1 amide bonds. The molecule has 1 aliphatic carbocycles. The molecule has 1 saturated carbocycles. The Morgan fingerprint density at radius 3 is 2.47 bits per heavy atom. The molecule has 32 heavy (non-hydrogen) atoms. The number of ether oxygens (including phenoxy) is 1. The van der Waals surface area contributed by atoms with Crippen molar-refractivity contribution in [2.24, 2.45) is 0 Å². The lowest BCUT2D eigenvalue weighted by Crippen LogP contribution is -2.38. The summed E-state index contributed by atoms with van der Waals surface area (Å²) in [7, 11) is 0. The summed E-state index contributed by atoms with van der Waals surface area (Å²) in [6.45, 7) is 4.28. The second-order valence-corrected chi connectivity index (χ2v) is 9.01. The van der Waals surface area contributed by atoms with Gasteiger partial charge in [-0.3, -0.25) is 14.7 Å². The predicted octanol–water partition coefficient (Wildman–Crippen LogP) is 4.62. The number of hydrogen-bond donors (Lipinski definition) is 1. The van der Waals surface area contributed by atoms with Crippen LogP contribution in [0.1, 0.15) is 98.6 Å². The Labute approximate surface area is 189 Å². The van der Waals surface area contributed by atoms with E-state index in [0.29, 0.717) is 37.1 Å². The van der Waals surface area contributed by atoms with E-state index < -0.39 is 0 Å². The van der Waals surface area contributed by atoms with Crippen LogP contribution in [0.2, 0.25) is 0 Å². The van der Waals surface area contributed by atoms with Crippen molar-refractivity contribution in [1.82, 2.24) is 20.1 Å². The molecule has 1 aromatic carbocycles. The van der Waals surface area contributed by atoms with Crippen LogP contribution in [0.3, 0.4) is 0 Å². The van der Waals surface area contributed by atoms with Gasteiger partial charge in [-0.1, -0.05) is 19.8 Å². The highest BCUT2D eigenvalue weighted by Gasteiger charge is 2.30. The summed E-state index contributed by atoms with van der Waals surface area (Å²) in [6, 6.07) is 7.26. The maximum absolute atomic E-state index is 12.6. The molecule has 1 aromatic heterocycles. The van der Waals surface area contributed by atoms with Gasteiger partial charge < -0.3 is 9.64 Å². The topological polar surface area (TPSA) is 88.2 Å². The molecule has 7 nitrogen and oxygen atoms in total. The maximum atomic E-state index is 12.6. The van der Waals surface area contributed by atoms with Crippen LogP contribution in [0.5, 0.6) is 5.75 Å². The van der Waals surface area contributed by atoms with Crippen molar-refractivity contribution in [2.45, 2.75) is 76.5 Å². The molecule has 2 aromatic rings. The van der Waals surface area contributed by atoms with Gasteiger partial charge >= 0.3 is 0 Å². The van der Waals surface area contributed by atoms with Crippen LogP contribution in [0, 0.1) is 0 Å². The number of carbonyl (C=O) groups excluding carboxylic acids is 2. The molecule has 0 radical (unpaired) electrons. The Bertz CT molecular complexity index is 896. The number of nitrogens with one attached hydrogen (secondary N) is 1. The Hall–Kier alpha value is -2.70. The number of piperidine rings is 1. The van der Waals surface area contributed by atoms with Gasteiger partial charge in [0.15, 0.2) is 11.6 Å². The molecule has 2 fully saturated rings. The average Bonchev–Trinajstić information content (AvgIpc) is 3.57. The predicted molar refractivity (Wildman–Crippen MR) is 122 cm³/mol. The summed E-state index contributed by atoms with van der Waals surface area (Å²) in [5.74, 6) is 3.65. The fourth-order valence-corrected chi connectivity index (χ4v) is 4.20. The highest BCUT2D eigenvalue weighted by molar-refractivity contribution is 5.98. The SMILES string of the molecule is CCCCCOc1ccc(C(=O)CCC(=O)N2CCC(c3nc(C4CC4)n[nH]3)CC2)cc1. The number of carbonyl (C=O) groups is 2. The van der Waals surface area contributed by atoms with Gasteiger partial charge in [-0.15, -0.1) is 0 Å². The summed E-state index contributed by atoms with van der Waals surface area (Å²) in [4.78, 5) is 31.7. The number of hydrogen-bond acceptors (Lipinski definition) is 5. The average molecular weight is 439 g/mol. The minimum atomic E-state index is 0.0000317. The minimum absolute atomic E-state index is 0.0000317. The fraction of sp³-hybridized carbons (Fsp3) is 0.600. The molecular weight excluding hydrogens is 404 g/mol. The van der Waals surface area contributed by atoms with E-state index in [1.807, 2.05) is 17.0 Å². The largest absolute Gasteiger partial charge is 0.494 e. The zero-order valence-electron chi connectivity index (χ0n) is 19.0. The molecule has 0 unspecified atom stereocenters. The molecule has 1 aliphatic heterocycles. The molecule has 2 heterocycles. The van der Waals surface area contributed by atoms with Crippen LogP contribution in [-0.2, 0) is 4.79 Å². The Balaban J connectivity index is 1.18. The number of benzene rings is 1. The van der Waals surface area contributed by atoms with Crippen LogP contribution in [0.4, 0.5) is 0 Å². The zero-order chi connectivity index (χ0) is 22.3. The number of likely N-dealkylation sites (tertiary alicyclic amines) is 1. The summed E-state index contributed by atoms with van der Waals surface area (Å²) >= 11 is 0. The highest BCUT2D eigenvalue weighted by Crippen LogP contribution is 2.38. The standard InChI is InChI=1S/C25H34N4O3/c1-2-3-4-17-32-21-9-7-18(8-10-21)22(30)11-12-23(31)29-15-13-20(14-16-29)25-26-24(27-28-25)19-5-6-19/h7-10,19-20H,2-6,11-17H2,1H3,(H,26,27,28). The maximum Gasteiger partial charge on any atom is 0.223 e. The summed E-state index contributed by atoms with van der Waals surface area (Å²) in [5.41, 5.74) is 0.634. The Morgan fingerprint density at radius 2 is 1.78 bits per heavy atom. The number of unbranched alkanes of at least 4 members (excludes halogenated alkanes) is 2. The van der Waals surface area contributed by atoms with E-state index in [4.69, 9.17) is 4.74 Å². The van der Waals surface area contributed by atoms with E-state index in [1.54, 1.807) is 12.1 Å². The highest BCUT2D eigenvalue weighted by atomic mass is 16.5. The third kappa shape index (κ3) is 5.96. The normalized spacial score (nSPS) is 16.8. The van der Waals surface area contributed by atoms with Crippen molar-refractivity contribution in [1.29, 1.82) is 0 Å². The van der Waals surface area contributed by atoms with Gasteiger partial charge in [0, 0.05) is 43.3 Å². The van der Waals surface area contributed by atoms with E-state index in [9.17, 15) is 9.59 Å². The lowest BCUT2D eigenvalue weighted by atomic mass is 9.95. The number of aromatic nitrogens is 3. The van der Waals surface area contributed by atoms with Crippen molar-refractivity contribution >= 4 is 11.7 Å². The monoisotopic (exact) mass is 438 g/mol. The Kier molecular flexibility index (Phi) is 7.55. The third-order valence-corrected chi connectivity index (χ3v) is 6.46. The smallest absolute Gasteiger partial charge is 0.223 e. The second-order valence-electron chi connectivity index (χ2n) is 9.01. The number of ketones is 1. The van der Waals surface area contributed by atoms with Crippen molar-refractivity contribution in [3.8, 4) is 5.75 Å². The summed E-state index contributed by atoms with van der Waals surface area (Å²) in [6.07, 6.45) is 8.02. The molecule has 1 N–H and O–H groups in total. The number of nitrogens with zero attached hydrogens (tertiary/aromatic N) is 3. The first kappa shape index (κ1) is 22.5. The lowest BCUT2D eigenvalue weighted by Gasteiger charge is -2.31. The van der Waals surface area contributed by atoms with Crippen molar-refractivity contribution in [3.63, 3.8) is 0 Å². The molecule has 172 valence electrons. The molecule has 0 bridgehead atoms. The first-order valence-electron chi connectivity index (χ1n) is 12.1. The molecule has 2 aliphatic rings. The van der Waals surface area contributed by atoms with E-state index >= 15 is 0 Å². The van der Waals surface area contributed by atoms with Crippen LogP contribution < -0.4 is 4.74 Å². The van der Waals surface area contributed by atoms with Gasteiger partial charge in [-0.25, -0.2) is 4.98 Å². The van der Waals surface area contributed by atoms with Crippen molar-refractivity contribution in [3.05, 3.63) is 41.5 Å².